The Labute approximate surface area is 166 Å². The van der Waals surface area contributed by atoms with Crippen LogP contribution in [0.4, 0.5) is 13.2 Å². The smallest absolute Gasteiger partial charge is 0.334 e. The summed E-state index contributed by atoms with van der Waals surface area (Å²) in [6.07, 6.45) is -1.07. The van der Waals surface area contributed by atoms with E-state index in [4.69, 9.17) is 0 Å². The van der Waals surface area contributed by atoms with Crippen molar-refractivity contribution in [1.29, 1.82) is 0 Å². The number of hydrogen-bond donors (Lipinski definition) is 1. The van der Waals surface area contributed by atoms with Crippen molar-refractivity contribution < 1.29 is 13.2 Å². The summed E-state index contributed by atoms with van der Waals surface area (Å²) >= 11 is 0. The van der Waals surface area contributed by atoms with Gasteiger partial charge >= 0.3 is 6.18 Å². The van der Waals surface area contributed by atoms with E-state index in [9.17, 15) is 13.2 Å². The van der Waals surface area contributed by atoms with Crippen molar-refractivity contribution in [3.8, 4) is 0 Å². The SMILES string of the molecule is Cc1cc2c(cc1CCc1cc3[nH]c(C(F)(F)F)nc3cc1C)ncn2C(C)C. The molecule has 29 heavy (non-hydrogen) atoms. The van der Waals surface area contributed by atoms with Gasteiger partial charge in [0, 0.05) is 6.04 Å². The zero-order chi connectivity index (χ0) is 20.9. The summed E-state index contributed by atoms with van der Waals surface area (Å²) in [5.41, 5.74) is 7.20. The maximum absolute atomic E-state index is 12.9. The van der Waals surface area contributed by atoms with Crippen LogP contribution in [0.5, 0.6) is 0 Å². The van der Waals surface area contributed by atoms with E-state index >= 15 is 0 Å². The molecule has 0 atom stereocenters. The van der Waals surface area contributed by atoms with Crippen LogP contribution in [0.2, 0.25) is 0 Å². The van der Waals surface area contributed by atoms with Crippen LogP contribution in [-0.2, 0) is 19.0 Å². The van der Waals surface area contributed by atoms with Crippen molar-refractivity contribution in [3.05, 3.63) is 58.7 Å². The van der Waals surface area contributed by atoms with E-state index in [0.29, 0.717) is 17.1 Å². The van der Waals surface area contributed by atoms with Gasteiger partial charge in [0.05, 0.1) is 28.4 Å². The number of benzene rings is 2. The van der Waals surface area contributed by atoms with Crippen LogP contribution < -0.4 is 0 Å². The fraction of sp³-hybridized carbons (Fsp3) is 0.364. The molecule has 4 aromatic rings. The molecule has 0 aliphatic carbocycles. The maximum Gasteiger partial charge on any atom is 0.449 e. The highest BCUT2D eigenvalue weighted by atomic mass is 19.4. The summed E-state index contributed by atoms with van der Waals surface area (Å²) in [6, 6.07) is 8.13. The summed E-state index contributed by atoms with van der Waals surface area (Å²) in [7, 11) is 0. The number of hydrogen-bond acceptors (Lipinski definition) is 2. The zero-order valence-corrected chi connectivity index (χ0v) is 16.9. The summed E-state index contributed by atoms with van der Waals surface area (Å²) in [5.74, 6) is -0.953. The molecule has 2 aromatic carbocycles. The molecule has 0 spiro atoms. The van der Waals surface area contributed by atoms with E-state index in [1.807, 2.05) is 13.3 Å². The second kappa shape index (κ2) is 6.90. The highest BCUT2D eigenvalue weighted by Crippen LogP contribution is 2.30. The quantitative estimate of drug-likeness (QED) is 0.463. The van der Waals surface area contributed by atoms with Crippen molar-refractivity contribution in [2.75, 3.05) is 0 Å². The van der Waals surface area contributed by atoms with Gasteiger partial charge in [-0.15, -0.1) is 0 Å². The third-order valence-electron chi connectivity index (χ3n) is 5.46. The molecule has 1 N–H and O–H groups in total. The highest BCUT2D eigenvalue weighted by molar-refractivity contribution is 5.78. The maximum atomic E-state index is 12.9. The third kappa shape index (κ3) is 3.61. The Morgan fingerprint density at radius 3 is 2.28 bits per heavy atom. The van der Waals surface area contributed by atoms with Crippen molar-refractivity contribution in [2.24, 2.45) is 0 Å². The monoisotopic (exact) mass is 400 g/mol. The lowest BCUT2D eigenvalue weighted by atomic mass is 9.97. The van der Waals surface area contributed by atoms with Crippen LogP contribution in [0.1, 0.15) is 48.0 Å². The van der Waals surface area contributed by atoms with Gasteiger partial charge in [0.1, 0.15) is 0 Å². The molecule has 2 aromatic heterocycles. The number of aromatic amines is 1. The summed E-state index contributed by atoms with van der Waals surface area (Å²) < 4.78 is 40.9. The average Bonchev–Trinajstić information content (AvgIpc) is 3.22. The largest absolute Gasteiger partial charge is 0.449 e. The van der Waals surface area contributed by atoms with Crippen molar-refractivity contribution >= 4 is 22.1 Å². The van der Waals surface area contributed by atoms with Gasteiger partial charge in [0.25, 0.3) is 0 Å². The topological polar surface area (TPSA) is 46.5 Å². The van der Waals surface area contributed by atoms with Gasteiger partial charge in [-0.2, -0.15) is 13.2 Å². The molecule has 0 aliphatic heterocycles. The molecule has 0 fully saturated rings. The van der Waals surface area contributed by atoms with E-state index in [1.165, 1.54) is 11.1 Å². The number of fused-ring (bicyclic) bond motifs is 2. The summed E-state index contributed by atoms with van der Waals surface area (Å²) in [4.78, 5) is 10.6. The van der Waals surface area contributed by atoms with Crippen LogP contribution in [0.3, 0.4) is 0 Å². The number of halogens is 3. The van der Waals surface area contributed by atoms with Gasteiger partial charge in [0.15, 0.2) is 0 Å². The first-order chi connectivity index (χ1) is 13.6. The predicted molar refractivity (Wildman–Crippen MR) is 108 cm³/mol. The first-order valence-corrected chi connectivity index (χ1v) is 9.66. The highest BCUT2D eigenvalue weighted by Gasteiger charge is 2.34. The zero-order valence-electron chi connectivity index (χ0n) is 16.9. The Bertz CT molecular complexity index is 1200. The first-order valence-electron chi connectivity index (χ1n) is 9.66. The second-order valence-electron chi connectivity index (χ2n) is 7.89. The Morgan fingerprint density at radius 1 is 0.966 bits per heavy atom. The lowest BCUT2D eigenvalue weighted by Crippen LogP contribution is -2.06. The van der Waals surface area contributed by atoms with Crippen LogP contribution in [0.15, 0.2) is 30.6 Å². The molecule has 0 bridgehead atoms. The number of nitrogens with one attached hydrogen (secondary N) is 1. The molecule has 4 nitrogen and oxygen atoms in total. The number of H-pyrrole nitrogens is 1. The predicted octanol–water partition coefficient (Wildman–Crippen LogP) is 5.91. The van der Waals surface area contributed by atoms with E-state index in [-0.39, 0.29) is 0 Å². The summed E-state index contributed by atoms with van der Waals surface area (Å²) in [5, 5.41) is 0. The Morgan fingerprint density at radius 2 is 1.62 bits per heavy atom. The van der Waals surface area contributed by atoms with E-state index in [0.717, 1.165) is 35.0 Å². The molecule has 0 saturated carbocycles. The second-order valence-corrected chi connectivity index (χ2v) is 7.89. The minimum atomic E-state index is -4.47. The van der Waals surface area contributed by atoms with E-state index in [2.05, 4.69) is 52.4 Å². The lowest BCUT2D eigenvalue weighted by Gasteiger charge is -2.11. The third-order valence-corrected chi connectivity index (χ3v) is 5.46. The fourth-order valence-corrected chi connectivity index (χ4v) is 3.78. The Balaban J connectivity index is 1.62. The van der Waals surface area contributed by atoms with Gasteiger partial charge in [-0.05, 0) is 87.1 Å². The molecule has 0 saturated heterocycles. The minimum Gasteiger partial charge on any atom is -0.334 e. The Hall–Kier alpha value is -2.83. The molecule has 0 amide bonds. The number of alkyl halides is 3. The van der Waals surface area contributed by atoms with Crippen LogP contribution in [0, 0.1) is 13.8 Å². The molecule has 7 heteroatoms. The first kappa shape index (κ1) is 19.5. The Kier molecular flexibility index (Phi) is 4.63. The number of imidazole rings is 2. The molecule has 4 rings (SSSR count). The molecule has 152 valence electrons. The van der Waals surface area contributed by atoms with Crippen LogP contribution in [-0.4, -0.2) is 19.5 Å². The number of aryl methyl sites for hydroxylation is 4. The van der Waals surface area contributed by atoms with Gasteiger partial charge in [-0.25, -0.2) is 9.97 Å². The number of rotatable bonds is 4. The van der Waals surface area contributed by atoms with Gasteiger partial charge in [-0.3, -0.25) is 0 Å². The van der Waals surface area contributed by atoms with Gasteiger partial charge < -0.3 is 9.55 Å². The molecule has 0 radical (unpaired) electrons. The van der Waals surface area contributed by atoms with Crippen molar-refractivity contribution in [2.45, 2.75) is 52.8 Å². The van der Waals surface area contributed by atoms with E-state index < -0.39 is 12.0 Å². The number of aromatic nitrogens is 4. The normalized spacial score (nSPS) is 12.6. The minimum absolute atomic E-state index is 0.343. The lowest BCUT2D eigenvalue weighted by molar-refractivity contribution is -0.144. The van der Waals surface area contributed by atoms with Crippen LogP contribution >= 0.6 is 0 Å². The number of nitrogens with zero attached hydrogens (tertiary/aromatic N) is 3. The average molecular weight is 400 g/mol. The fourth-order valence-electron chi connectivity index (χ4n) is 3.78. The molecule has 2 heterocycles. The molecular formula is C22H23F3N4. The van der Waals surface area contributed by atoms with Crippen LogP contribution in [0.25, 0.3) is 22.1 Å². The van der Waals surface area contributed by atoms with Gasteiger partial charge in [0.2, 0.25) is 5.82 Å². The summed E-state index contributed by atoms with van der Waals surface area (Å²) in [6.45, 7) is 8.26. The standard InChI is InChI=1S/C22H23F3N4/c1-12(2)29-11-26-19-10-16(14(4)8-20(19)29)6-5-15-9-18-17(7-13(15)3)27-21(28-18)22(23,24)25/h7-12H,5-6H2,1-4H3,(H,27,28). The van der Waals surface area contributed by atoms with Gasteiger partial charge in [-0.1, -0.05) is 0 Å². The molecule has 0 aliphatic rings. The molecule has 0 unspecified atom stereocenters. The van der Waals surface area contributed by atoms with Crippen molar-refractivity contribution in [1.82, 2.24) is 19.5 Å². The van der Waals surface area contributed by atoms with Crippen molar-refractivity contribution in [3.63, 3.8) is 0 Å². The van der Waals surface area contributed by atoms with E-state index in [1.54, 1.807) is 12.1 Å². The molecular weight excluding hydrogens is 377 g/mol.